The summed E-state index contributed by atoms with van der Waals surface area (Å²) in [7, 11) is 0. The molecule has 3 nitrogen and oxygen atoms in total. The third kappa shape index (κ3) is 1.99. The number of aliphatic hydroxyl groups is 1. The van der Waals surface area contributed by atoms with Crippen molar-refractivity contribution in [2.75, 3.05) is 0 Å². The van der Waals surface area contributed by atoms with E-state index in [9.17, 15) is 5.11 Å². The molecule has 0 saturated carbocycles. The molecule has 1 unspecified atom stereocenters. The van der Waals surface area contributed by atoms with Crippen LogP contribution in [0.4, 0.5) is 0 Å². The molecule has 0 amide bonds. The Bertz CT molecular complexity index is 476. The lowest BCUT2D eigenvalue weighted by molar-refractivity contribution is 0.173. The van der Waals surface area contributed by atoms with E-state index in [0.717, 1.165) is 16.8 Å². The average molecular weight is 216 g/mol. The Morgan fingerprint density at radius 1 is 1.38 bits per heavy atom. The number of aromatic nitrogens is 2. The average Bonchev–Trinajstić information content (AvgIpc) is 2.75. The van der Waals surface area contributed by atoms with Gasteiger partial charge in [0.1, 0.15) is 0 Å². The Morgan fingerprint density at radius 2 is 2.12 bits per heavy atom. The summed E-state index contributed by atoms with van der Waals surface area (Å²) >= 11 is 0. The molecule has 0 aliphatic carbocycles. The Kier molecular flexibility index (Phi) is 3.06. The number of benzene rings is 1. The lowest BCUT2D eigenvalue weighted by Crippen LogP contribution is -2.04. The summed E-state index contributed by atoms with van der Waals surface area (Å²) in [5, 5.41) is 14.2. The summed E-state index contributed by atoms with van der Waals surface area (Å²) in [5.41, 5.74) is 2.99. The summed E-state index contributed by atoms with van der Waals surface area (Å²) in [6.45, 7) is 3.97. The van der Waals surface area contributed by atoms with Gasteiger partial charge in [-0.3, -0.25) is 0 Å². The van der Waals surface area contributed by atoms with Crippen LogP contribution in [0.2, 0.25) is 0 Å². The second-order valence-corrected chi connectivity index (χ2v) is 3.95. The second-order valence-electron chi connectivity index (χ2n) is 3.95. The summed E-state index contributed by atoms with van der Waals surface area (Å²) in [5.74, 6) is 0. The van der Waals surface area contributed by atoms with Crippen LogP contribution in [0.15, 0.2) is 36.7 Å². The molecule has 1 N–H and O–H groups in total. The maximum atomic E-state index is 9.94. The van der Waals surface area contributed by atoms with Gasteiger partial charge in [-0.15, -0.1) is 0 Å². The molecule has 2 aromatic rings. The summed E-state index contributed by atoms with van der Waals surface area (Å²) in [4.78, 5) is 0. The molecule has 1 aromatic carbocycles. The van der Waals surface area contributed by atoms with Crippen molar-refractivity contribution in [2.45, 2.75) is 26.4 Å². The molecule has 1 aromatic heterocycles. The first-order valence-electron chi connectivity index (χ1n) is 5.51. The maximum absolute atomic E-state index is 9.94. The van der Waals surface area contributed by atoms with Crippen molar-refractivity contribution in [2.24, 2.45) is 0 Å². The van der Waals surface area contributed by atoms with Crippen LogP contribution < -0.4 is 0 Å². The van der Waals surface area contributed by atoms with Gasteiger partial charge in [0.2, 0.25) is 0 Å². The van der Waals surface area contributed by atoms with Crippen molar-refractivity contribution in [1.82, 2.24) is 9.78 Å². The Hall–Kier alpha value is -1.61. The van der Waals surface area contributed by atoms with Crippen LogP contribution in [0.5, 0.6) is 0 Å². The molecular formula is C13H16N2O. The van der Waals surface area contributed by atoms with Gasteiger partial charge in [-0.1, -0.05) is 25.1 Å². The normalized spacial score (nSPS) is 12.7. The Balaban J connectivity index is 2.48. The van der Waals surface area contributed by atoms with E-state index in [2.05, 4.69) is 5.10 Å². The zero-order valence-electron chi connectivity index (χ0n) is 9.59. The lowest BCUT2D eigenvalue weighted by atomic mass is 10.1. The van der Waals surface area contributed by atoms with Crippen LogP contribution in [-0.4, -0.2) is 14.9 Å². The van der Waals surface area contributed by atoms with E-state index >= 15 is 0 Å². The zero-order chi connectivity index (χ0) is 11.5. The number of para-hydroxylation sites is 1. The fourth-order valence-electron chi connectivity index (χ4n) is 1.74. The standard InChI is InChI=1S/C13H16N2O/c1-3-13(16)11-6-4-5-7-12(11)15-9-10(2)8-14-15/h4-9,13,16H,3H2,1-2H3. The van der Waals surface area contributed by atoms with Crippen molar-refractivity contribution in [3.8, 4) is 5.69 Å². The highest BCUT2D eigenvalue weighted by Gasteiger charge is 2.11. The largest absolute Gasteiger partial charge is 0.388 e. The smallest absolute Gasteiger partial charge is 0.0808 e. The highest BCUT2D eigenvalue weighted by atomic mass is 16.3. The molecule has 0 spiro atoms. The molecular weight excluding hydrogens is 200 g/mol. The second kappa shape index (κ2) is 4.49. The minimum atomic E-state index is -0.430. The number of aliphatic hydroxyl groups excluding tert-OH is 1. The fraction of sp³-hybridized carbons (Fsp3) is 0.308. The van der Waals surface area contributed by atoms with Gasteiger partial charge in [0.25, 0.3) is 0 Å². The van der Waals surface area contributed by atoms with Crippen LogP contribution in [0.1, 0.15) is 30.6 Å². The van der Waals surface area contributed by atoms with Gasteiger partial charge in [0, 0.05) is 11.8 Å². The number of hydrogen-bond donors (Lipinski definition) is 1. The van der Waals surface area contributed by atoms with Gasteiger partial charge in [-0.25, -0.2) is 4.68 Å². The predicted octanol–water partition coefficient (Wildman–Crippen LogP) is 2.62. The topological polar surface area (TPSA) is 38.0 Å². The van der Waals surface area contributed by atoms with Crippen molar-refractivity contribution < 1.29 is 5.11 Å². The van der Waals surface area contributed by atoms with Crippen molar-refractivity contribution in [3.63, 3.8) is 0 Å². The van der Waals surface area contributed by atoms with E-state index in [1.165, 1.54) is 0 Å². The zero-order valence-corrected chi connectivity index (χ0v) is 9.59. The Morgan fingerprint density at radius 3 is 2.75 bits per heavy atom. The van der Waals surface area contributed by atoms with Crippen LogP contribution in [0.25, 0.3) is 5.69 Å². The van der Waals surface area contributed by atoms with Crippen molar-refractivity contribution in [1.29, 1.82) is 0 Å². The van der Waals surface area contributed by atoms with E-state index in [4.69, 9.17) is 0 Å². The first kappa shape index (κ1) is 10.9. The van der Waals surface area contributed by atoms with Crippen LogP contribution in [-0.2, 0) is 0 Å². The molecule has 0 aliphatic heterocycles. The minimum Gasteiger partial charge on any atom is -0.388 e. The Labute approximate surface area is 95.3 Å². The minimum absolute atomic E-state index is 0.430. The predicted molar refractivity (Wildman–Crippen MR) is 63.6 cm³/mol. The van der Waals surface area contributed by atoms with E-state index in [-0.39, 0.29) is 0 Å². The molecule has 1 atom stereocenters. The molecule has 0 saturated heterocycles. The third-order valence-corrected chi connectivity index (χ3v) is 2.64. The highest BCUT2D eigenvalue weighted by molar-refractivity contribution is 5.41. The molecule has 84 valence electrons. The first-order valence-corrected chi connectivity index (χ1v) is 5.51. The SMILES string of the molecule is CCC(O)c1ccccc1-n1cc(C)cn1. The van der Waals surface area contributed by atoms with Gasteiger partial charge in [-0.05, 0) is 25.0 Å². The molecule has 0 radical (unpaired) electrons. The molecule has 2 rings (SSSR count). The summed E-state index contributed by atoms with van der Waals surface area (Å²) < 4.78 is 1.81. The van der Waals surface area contributed by atoms with Crippen molar-refractivity contribution in [3.05, 3.63) is 47.8 Å². The summed E-state index contributed by atoms with van der Waals surface area (Å²) in [6, 6.07) is 7.81. The maximum Gasteiger partial charge on any atom is 0.0808 e. The third-order valence-electron chi connectivity index (χ3n) is 2.64. The number of aryl methyl sites for hydroxylation is 1. The van der Waals surface area contributed by atoms with Crippen LogP contribution in [0, 0.1) is 6.92 Å². The molecule has 0 fully saturated rings. The molecule has 0 bridgehead atoms. The fourth-order valence-corrected chi connectivity index (χ4v) is 1.74. The quantitative estimate of drug-likeness (QED) is 0.856. The van der Waals surface area contributed by atoms with Gasteiger partial charge in [0.15, 0.2) is 0 Å². The van der Waals surface area contributed by atoms with Gasteiger partial charge in [-0.2, -0.15) is 5.10 Å². The highest BCUT2D eigenvalue weighted by Crippen LogP contribution is 2.23. The van der Waals surface area contributed by atoms with Crippen LogP contribution in [0.3, 0.4) is 0 Å². The summed E-state index contributed by atoms with van der Waals surface area (Å²) in [6.07, 6.45) is 4.05. The number of nitrogens with zero attached hydrogens (tertiary/aromatic N) is 2. The van der Waals surface area contributed by atoms with Gasteiger partial charge in [0.05, 0.1) is 18.0 Å². The van der Waals surface area contributed by atoms with E-state index < -0.39 is 6.10 Å². The van der Waals surface area contributed by atoms with E-state index in [1.54, 1.807) is 0 Å². The lowest BCUT2D eigenvalue weighted by Gasteiger charge is -2.13. The monoisotopic (exact) mass is 216 g/mol. The van der Waals surface area contributed by atoms with Gasteiger partial charge < -0.3 is 5.11 Å². The molecule has 1 heterocycles. The van der Waals surface area contributed by atoms with E-state index in [0.29, 0.717) is 6.42 Å². The molecule has 16 heavy (non-hydrogen) atoms. The first-order chi connectivity index (χ1) is 7.72. The van der Waals surface area contributed by atoms with Gasteiger partial charge >= 0.3 is 0 Å². The van der Waals surface area contributed by atoms with E-state index in [1.807, 2.05) is 55.2 Å². The molecule has 3 heteroatoms. The molecule has 0 aliphatic rings. The van der Waals surface area contributed by atoms with Crippen LogP contribution >= 0.6 is 0 Å². The number of rotatable bonds is 3. The number of hydrogen-bond acceptors (Lipinski definition) is 2. The van der Waals surface area contributed by atoms with Crippen molar-refractivity contribution >= 4 is 0 Å².